The van der Waals surface area contributed by atoms with Crippen molar-refractivity contribution in [3.63, 3.8) is 0 Å². The maximum absolute atomic E-state index is 12.2. The molecule has 2 rings (SSSR count). The van der Waals surface area contributed by atoms with Crippen molar-refractivity contribution in [2.45, 2.75) is 13.3 Å². The summed E-state index contributed by atoms with van der Waals surface area (Å²) in [4.78, 5) is 25.4. The van der Waals surface area contributed by atoms with Crippen LogP contribution in [0.1, 0.15) is 23.1 Å². The minimum absolute atomic E-state index is 0.236. The predicted octanol–water partition coefficient (Wildman–Crippen LogP) is 0.925. The molecule has 0 unspecified atom stereocenters. The van der Waals surface area contributed by atoms with E-state index >= 15 is 0 Å². The van der Waals surface area contributed by atoms with E-state index in [1.165, 1.54) is 12.2 Å². The Morgan fingerprint density at radius 3 is 2.94 bits per heavy atom. The molecule has 0 aliphatic rings. The lowest BCUT2D eigenvalue weighted by atomic mass is 10.2. The summed E-state index contributed by atoms with van der Waals surface area (Å²) >= 11 is 0. The zero-order valence-corrected chi connectivity index (χ0v) is 10.0. The van der Waals surface area contributed by atoms with Gasteiger partial charge in [-0.3, -0.25) is 19.0 Å². The molecule has 0 atom stereocenters. The second-order valence-corrected chi connectivity index (χ2v) is 3.58. The maximum atomic E-state index is 12.2. The van der Waals surface area contributed by atoms with Gasteiger partial charge in [-0.15, -0.1) is 0 Å². The molecule has 17 heavy (non-hydrogen) atoms. The quantitative estimate of drug-likeness (QED) is 0.741. The van der Waals surface area contributed by atoms with Crippen LogP contribution < -0.4 is 0 Å². The van der Waals surface area contributed by atoms with E-state index in [2.05, 4.69) is 9.97 Å². The van der Waals surface area contributed by atoms with Crippen LogP contribution in [0.5, 0.6) is 0 Å². The summed E-state index contributed by atoms with van der Waals surface area (Å²) in [7, 11) is 3.02. The summed E-state index contributed by atoms with van der Waals surface area (Å²) in [6, 6.07) is 0. The molecule has 2 aromatic heterocycles. The fourth-order valence-corrected chi connectivity index (χ4v) is 1.65. The van der Waals surface area contributed by atoms with Gasteiger partial charge in [0.05, 0.1) is 37.0 Å². The number of imidazole rings is 1. The molecular weight excluding hydrogens is 220 g/mol. The van der Waals surface area contributed by atoms with Gasteiger partial charge in [0.1, 0.15) is 5.69 Å². The Balaban J connectivity index is 2.63. The van der Waals surface area contributed by atoms with Crippen molar-refractivity contribution < 1.29 is 9.63 Å². The van der Waals surface area contributed by atoms with E-state index in [1.54, 1.807) is 30.2 Å². The number of carbonyl (C=O) groups is 1. The number of nitrogens with zero attached hydrogens (tertiary/aromatic N) is 4. The molecule has 6 heteroatoms. The molecule has 1 amide bonds. The van der Waals surface area contributed by atoms with Crippen molar-refractivity contribution >= 4 is 11.4 Å². The van der Waals surface area contributed by atoms with Crippen LogP contribution in [-0.4, -0.2) is 39.5 Å². The van der Waals surface area contributed by atoms with Gasteiger partial charge in [-0.25, -0.2) is 10.0 Å². The van der Waals surface area contributed by atoms with E-state index in [0.29, 0.717) is 12.1 Å². The molecule has 0 fully saturated rings. The van der Waals surface area contributed by atoms with Crippen LogP contribution in [0, 0.1) is 0 Å². The van der Waals surface area contributed by atoms with Gasteiger partial charge in [-0.2, -0.15) is 0 Å². The molecule has 2 heterocycles. The molecule has 2 aromatic rings. The van der Waals surface area contributed by atoms with Gasteiger partial charge in [0.2, 0.25) is 0 Å². The highest BCUT2D eigenvalue weighted by molar-refractivity contribution is 5.93. The first-order valence-electron chi connectivity index (χ1n) is 5.31. The molecule has 0 radical (unpaired) electrons. The SMILES string of the molecule is CCc1ncc2cncn2c1C(=O)N(C)OC. The second-order valence-electron chi connectivity index (χ2n) is 3.58. The van der Waals surface area contributed by atoms with Crippen LogP contribution in [-0.2, 0) is 11.3 Å². The maximum Gasteiger partial charge on any atom is 0.296 e. The molecule has 0 saturated carbocycles. The highest BCUT2D eigenvalue weighted by atomic mass is 16.7. The number of rotatable bonds is 3. The van der Waals surface area contributed by atoms with Gasteiger partial charge in [0, 0.05) is 7.05 Å². The summed E-state index contributed by atoms with van der Waals surface area (Å²) in [6.45, 7) is 1.95. The molecule has 0 bridgehead atoms. The smallest absolute Gasteiger partial charge is 0.291 e. The molecule has 0 N–H and O–H groups in total. The monoisotopic (exact) mass is 234 g/mol. The van der Waals surface area contributed by atoms with Crippen LogP contribution in [0.4, 0.5) is 0 Å². The van der Waals surface area contributed by atoms with E-state index in [0.717, 1.165) is 11.2 Å². The number of amides is 1. The van der Waals surface area contributed by atoms with Gasteiger partial charge in [-0.1, -0.05) is 6.92 Å². The van der Waals surface area contributed by atoms with Gasteiger partial charge in [0.15, 0.2) is 0 Å². The molecular formula is C11H14N4O2. The Kier molecular flexibility index (Phi) is 3.06. The van der Waals surface area contributed by atoms with Crippen molar-refractivity contribution in [2.24, 2.45) is 0 Å². The Morgan fingerprint density at radius 2 is 2.29 bits per heavy atom. The van der Waals surface area contributed by atoms with E-state index in [1.807, 2.05) is 6.92 Å². The number of hydrogen-bond donors (Lipinski definition) is 0. The minimum atomic E-state index is -0.236. The minimum Gasteiger partial charge on any atom is -0.291 e. The van der Waals surface area contributed by atoms with Crippen molar-refractivity contribution in [3.05, 3.63) is 30.1 Å². The predicted molar refractivity (Wildman–Crippen MR) is 61.5 cm³/mol. The first-order valence-corrected chi connectivity index (χ1v) is 5.31. The lowest BCUT2D eigenvalue weighted by Crippen LogP contribution is -2.28. The van der Waals surface area contributed by atoms with Crippen LogP contribution in [0.25, 0.3) is 5.52 Å². The van der Waals surface area contributed by atoms with Crippen molar-refractivity contribution in [1.29, 1.82) is 0 Å². The normalized spacial score (nSPS) is 10.8. The first-order chi connectivity index (χ1) is 8.19. The van der Waals surface area contributed by atoms with E-state index in [9.17, 15) is 4.79 Å². The third-order valence-electron chi connectivity index (χ3n) is 2.63. The Labute approximate surface area is 98.8 Å². The lowest BCUT2D eigenvalue weighted by Gasteiger charge is -2.16. The zero-order chi connectivity index (χ0) is 12.4. The number of hydrogen-bond acceptors (Lipinski definition) is 4. The highest BCUT2D eigenvalue weighted by Crippen LogP contribution is 2.13. The standard InChI is InChI=1S/C11H14N4O2/c1-4-9-10(11(16)14(2)17-3)15-7-12-5-8(15)6-13-9/h5-7H,4H2,1-3H3. The molecule has 90 valence electrons. The van der Waals surface area contributed by atoms with Crippen LogP contribution in [0.3, 0.4) is 0 Å². The molecule has 0 spiro atoms. The van der Waals surface area contributed by atoms with Gasteiger partial charge < -0.3 is 0 Å². The van der Waals surface area contributed by atoms with E-state index in [-0.39, 0.29) is 5.91 Å². The average Bonchev–Trinajstić information content (AvgIpc) is 2.83. The molecule has 6 nitrogen and oxygen atoms in total. The van der Waals surface area contributed by atoms with Crippen molar-refractivity contribution in [2.75, 3.05) is 14.2 Å². The molecule has 0 aliphatic carbocycles. The molecule has 0 saturated heterocycles. The Bertz CT molecular complexity index is 549. The van der Waals surface area contributed by atoms with Gasteiger partial charge in [-0.05, 0) is 6.42 Å². The number of fused-ring (bicyclic) bond motifs is 1. The van der Waals surface area contributed by atoms with Crippen LogP contribution in [0.15, 0.2) is 18.7 Å². The number of hydroxylamine groups is 2. The van der Waals surface area contributed by atoms with Gasteiger partial charge >= 0.3 is 0 Å². The second kappa shape index (κ2) is 4.50. The molecule has 0 aliphatic heterocycles. The van der Waals surface area contributed by atoms with Crippen molar-refractivity contribution in [3.8, 4) is 0 Å². The van der Waals surface area contributed by atoms with E-state index < -0.39 is 0 Å². The summed E-state index contributed by atoms with van der Waals surface area (Å²) < 4.78 is 1.73. The Morgan fingerprint density at radius 1 is 1.53 bits per heavy atom. The summed E-state index contributed by atoms with van der Waals surface area (Å²) in [5.41, 5.74) is 2.01. The fourth-order valence-electron chi connectivity index (χ4n) is 1.65. The van der Waals surface area contributed by atoms with E-state index in [4.69, 9.17) is 4.84 Å². The third-order valence-corrected chi connectivity index (χ3v) is 2.63. The van der Waals surface area contributed by atoms with Crippen LogP contribution in [0.2, 0.25) is 0 Å². The fraction of sp³-hybridized carbons (Fsp3) is 0.364. The van der Waals surface area contributed by atoms with Crippen molar-refractivity contribution in [1.82, 2.24) is 19.4 Å². The average molecular weight is 234 g/mol. The number of aryl methyl sites for hydroxylation is 1. The highest BCUT2D eigenvalue weighted by Gasteiger charge is 2.19. The summed E-state index contributed by atoms with van der Waals surface area (Å²) in [6.07, 6.45) is 5.64. The molecule has 0 aromatic carbocycles. The summed E-state index contributed by atoms with van der Waals surface area (Å²) in [5.74, 6) is -0.236. The first kappa shape index (κ1) is 11.5. The Hall–Kier alpha value is -1.95. The number of carbonyl (C=O) groups excluding carboxylic acids is 1. The largest absolute Gasteiger partial charge is 0.296 e. The van der Waals surface area contributed by atoms with Gasteiger partial charge in [0.25, 0.3) is 5.91 Å². The zero-order valence-electron chi connectivity index (χ0n) is 10.0. The van der Waals surface area contributed by atoms with Crippen LogP contribution >= 0.6 is 0 Å². The number of aromatic nitrogens is 3. The lowest BCUT2D eigenvalue weighted by molar-refractivity contribution is -0.0762. The third kappa shape index (κ3) is 1.87. The summed E-state index contributed by atoms with van der Waals surface area (Å²) in [5, 5.41) is 1.18. The topological polar surface area (TPSA) is 59.7 Å².